The molecule has 1 fully saturated rings. The van der Waals surface area contributed by atoms with Gasteiger partial charge in [-0.3, -0.25) is 4.90 Å². The van der Waals surface area contributed by atoms with Crippen molar-refractivity contribution in [2.75, 3.05) is 25.0 Å². The van der Waals surface area contributed by atoms with Gasteiger partial charge in [0.05, 0.1) is 0 Å². The molecule has 1 saturated heterocycles. The minimum Gasteiger partial charge on any atom is -0.338 e. The quantitative estimate of drug-likeness (QED) is 0.845. The summed E-state index contributed by atoms with van der Waals surface area (Å²) in [5.74, 6) is 0.518. The lowest BCUT2D eigenvalue weighted by Crippen LogP contribution is -2.34. The van der Waals surface area contributed by atoms with Crippen molar-refractivity contribution < 1.29 is 4.79 Å². The molecule has 4 heteroatoms. The van der Waals surface area contributed by atoms with Gasteiger partial charge in [-0.05, 0) is 56.3 Å². The van der Waals surface area contributed by atoms with Crippen LogP contribution in [0.2, 0.25) is 0 Å². The highest BCUT2D eigenvalue weighted by Gasteiger charge is 2.22. The van der Waals surface area contributed by atoms with Crippen molar-refractivity contribution in [3.8, 4) is 0 Å². The first-order valence-electron chi connectivity index (χ1n) is 9.40. The van der Waals surface area contributed by atoms with Crippen LogP contribution < -0.4 is 10.6 Å². The topological polar surface area (TPSA) is 44.4 Å². The van der Waals surface area contributed by atoms with Gasteiger partial charge in [0.2, 0.25) is 0 Å². The Hall–Kier alpha value is -2.33. The van der Waals surface area contributed by atoms with E-state index in [9.17, 15) is 4.79 Å². The van der Waals surface area contributed by atoms with Crippen molar-refractivity contribution >= 4 is 11.7 Å². The smallest absolute Gasteiger partial charge is 0.319 e. The number of hydrogen-bond donors (Lipinski definition) is 2. The summed E-state index contributed by atoms with van der Waals surface area (Å²) in [7, 11) is 0. The van der Waals surface area contributed by atoms with Crippen LogP contribution in [0.25, 0.3) is 0 Å². The standard InChI is InChI=1S/C22H29N3O/c1-16-7-9-19(10-8-16)14-25-12-11-20(15-25)13-23-22(26)24-21-17(2)5-4-6-18(21)3/h4-10,20H,11-15H2,1-3H3,(H2,23,24,26). The number of nitrogens with zero attached hydrogens (tertiary/aromatic N) is 1. The summed E-state index contributed by atoms with van der Waals surface area (Å²) in [4.78, 5) is 14.7. The Morgan fingerprint density at radius 2 is 1.77 bits per heavy atom. The van der Waals surface area contributed by atoms with E-state index in [-0.39, 0.29) is 6.03 Å². The Labute approximate surface area is 156 Å². The van der Waals surface area contributed by atoms with Crippen molar-refractivity contribution in [1.82, 2.24) is 10.2 Å². The number of benzene rings is 2. The van der Waals surface area contributed by atoms with Crippen LogP contribution in [0.4, 0.5) is 10.5 Å². The van der Waals surface area contributed by atoms with E-state index in [0.29, 0.717) is 5.92 Å². The summed E-state index contributed by atoms with van der Waals surface area (Å²) >= 11 is 0. The number of hydrogen-bond acceptors (Lipinski definition) is 2. The lowest BCUT2D eigenvalue weighted by molar-refractivity contribution is 0.249. The van der Waals surface area contributed by atoms with Crippen LogP contribution in [0.5, 0.6) is 0 Å². The summed E-state index contributed by atoms with van der Waals surface area (Å²) in [6.07, 6.45) is 1.13. The Kier molecular flexibility index (Phi) is 5.94. The number of carbonyl (C=O) groups is 1. The van der Waals surface area contributed by atoms with Gasteiger partial charge in [-0.2, -0.15) is 0 Å². The van der Waals surface area contributed by atoms with Gasteiger partial charge >= 0.3 is 6.03 Å². The monoisotopic (exact) mass is 351 g/mol. The van der Waals surface area contributed by atoms with Crippen molar-refractivity contribution in [2.24, 2.45) is 5.92 Å². The van der Waals surface area contributed by atoms with E-state index in [1.807, 2.05) is 32.0 Å². The molecule has 1 aliphatic heterocycles. The molecule has 2 N–H and O–H groups in total. The first kappa shape index (κ1) is 18.5. The SMILES string of the molecule is Cc1ccc(CN2CCC(CNC(=O)Nc3c(C)cccc3C)C2)cc1. The zero-order chi connectivity index (χ0) is 18.5. The minimum absolute atomic E-state index is 0.112. The zero-order valence-corrected chi connectivity index (χ0v) is 16.0. The summed E-state index contributed by atoms with van der Waals surface area (Å²) in [6.45, 7) is 10.00. The van der Waals surface area contributed by atoms with Gasteiger partial charge in [-0.15, -0.1) is 0 Å². The summed E-state index contributed by atoms with van der Waals surface area (Å²) in [5.41, 5.74) is 5.75. The molecular weight excluding hydrogens is 322 g/mol. The molecule has 0 aromatic heterocycles. The average molecular weight is 351 g/mol. The highest BCUT2D eigenvalue weighted by Crippen LogP contribution is 2.20. The van der Waals surface area contributed by atoms with E-state index in [0.717, 1.165) is 49.4 Å². The van der Waals surface area contributed by atoms with E-state index in [2.05, 4.69) is 46.7 Å². The second-order valence-corrected chi connectivity index (χ2v) is 7.48. The molecule has 138 valence electrons. The number of likely N-dealkylation sites (tertiary alicyclic amines) is 1. The molecule has 2 aromatic carbocycles. The number of urea groups is 1. The predicted octanol–water partition coefficient (Wildman–Crippen LogP) is 4.26. The second-order valence-electron chi connectivity index (χ2n) is 7.48. The summed E-state index contributed by atoms with van der Waals surface area (Å²) in [5, 5.41) is 6.04. The molecule has 0 spiro atoms. The van der Waals surface area contributed by atoms with Gasteiger partial charge in [0.25, 0.3) is 0 Å². The predicted molar refractivity (Wildman–Crippen MR) is 108 cm³/mol. The molecule has 26 heavy (non-hydrogen) atoms. The highest BCUT2D eigenvalue weighted by molar-refractivity contribution is 5.90. The van der Waals surface area contributed by atoms with Gasteiger partial charge in [-0.1, -0.05) is 48.0 Å². The van der Waals surface area contributed by atoms with Crippen LogP contribution in [0.3, 0.4) is 0 Å². The third kappa shape index (κ3) is 4.85. The number of anilines is 1. The Bertz CT molecular complexity index is 734. The Morgan fingerprint density at radius 3 is 2.46 bits per heavy atom. The van der Waals surface area contributed by atoms with Crippen molar-refractivity contribution in [2.45, 2.75) is 33.7 Å². The average Bonchev–Trinajstić information content (AvgIpc) is 3.06. The molecule has 0 aliphatic carbocycles. The number of nitrogens with one attached hydrogen (secondary N) is 2. The maximum atomic E-state index is 12.2. The number of amides is 2. The first-order chi connectivity index (χ1) is 12.5. The van der Waals surface area contributed by atoms with E-state index >= 15 is 0 Å². The fraction of sp³-hybridized carbons (Fsp3) is 0.409. The number of rotatable bonds is 5. The fourth-order valence-corrected chi connectivity index (χ4v) is 3.58. The molecule has 0 radical (unpaired) electrons. The van der Waals surface area contributed by atoms with E-state index in [1.165, 1.54) is 11.1 Å². The Morgan fingerprint density at radius 1 is 1.08 bits per heavy atom. The largest absolute Gasteiger partial charge is 0.338 e. The van der Waals surface area contributed by atoms with Crippen LogP contribution >= 0.6 is 0 Å². The van der Waals surface area contributed by atoms with Gasteiger partial charge in [0, 0.05) is 25.3 Å². The van der Waals surface area contributed by atoms with Crippen molar-refractivity contribution in [3.63, 3.8) is 0 Å². The maximum Gasteiger partial charge on any atom is 0.319 e. The molecule has 2 amide bonds. The lowest BCUT2D eigenvalue weighted by Gasteiger charge is -2.17. The third-order valence-corrected chi connectivity index (χ3v) is 5.17. The van der Waals surface area contributed by atoms with E-state index < -0.39 is 0 Å². The molecule has 4 nitrogen and oxygen atoms in total. The minimum atomic E-state index is -0.112. The van der Waals surface area contributed by atoms with Crippen LogP contribution in [0.15, 0.2) is 42.5 Å². The van der Waals surface area contributed by atoms with E-state index in [4.69, 9.17) is 0 Å². The lowest BCUT2D eigenvalue weighted by atomic mass is 10.1. The van der Waals surface area contributed by atoms with Crippen LogP contribution in [-0.4, -0.2) is 30.6 Å². The normalized spacial score (nSPS) is 17.3. The van der Waals surface area contributed by atoms with Crippen molar-refractivity contribution in [3.05, 3.63) is 64.7 Å². The number of para-hydroxylation sites is 1. The molecule has 1 aliphatic rings. The zero-order valence-electron chi connectivity index (χ0n) is 16.0. The molecule has 0 bridgehead atoms. The fourth-order valence-electron chi connectivity index (χ4n) is 3.58. The van der Waals surface area contributed by atoms with Crippen LogP contribution in [0, 0.1) is 26.7 Å². The van der Waals surface area contributed by atoms with E-state index in [1.54, 1.807) is 0 Å². The van der Waals surface area contributed by atoms with Crippen LogP contribution in [0.1, 0.15) is 28.7 Å². The third-order valence-electron chi connectivity index (χ3n) is 5.17. The number of carbonyl (C=O) groups excluding carboxylic acids is 1. The van der Waals surface area contributed by atoms with Gasteiger partial charge in [-0.25, -0.2) is 4.79 Å². The number of aryl methyl sites for hydroxylation is 3. The maximum absolute atomic E-state index is 12.2. The van der Waals surface area contributed by atoms with Gasteiger partial charge in [0.1, 0.15) is 0 Å². The van der Waals surface area contributed by atoms with Gasteiger partial charge in [0.15, 0.2) is 0 Å². The highest BCUT2D eigenvalue weighted by atomic mass is 16.2. The second kappa shape index (κ2) is 8.37. The molecule has 3 rings (SSSR count). The first-order valence-corrected chi connectivity index (χ1v) is 9.40. The molecule has 1 unspecified atom stereocenters. The summed E-state index contributed by atoms with van der Waals surface area (Å²) < 4.78 is 0. The molecule has 0 saturated carbocycles. The molecule has 1 heterocycles. The van der Waals surface area contributed by atoms with Crippen molar-refractivity contribution in [1.29, 1.82) is 0 Å². The molecular formula is C22H29N3O. The molecule has 1 atom stereocenters. The van der Waals surface area contributed by atoms with Gasteiger partial charge < -0.3 is 10.6 Å². The molecule has 2 aromatic rings. The summed E-state index contributed by atoms with van der Waals surface area (Å²) in [6, 6.07) is 14.7. The van der Waals surface area contributed by atoms with Crippen LogP contribution in [-0.2, 0) is 6.54 Å². The Balaban J connectivity index is 1.44.